The summed E-state index contributed by atoms with van der Waals surface area (Å²) in [6.45, 7) is 6.14. The van der Waals surface area contributed by atoms with Crippen molar-refractivity contribution in [3.8, 4) is 5.75 Å². The number of nitrogens with one attached hydrogen (secondary N) is 2. The van der Waals surface area contributed by atoms with Crippen LogP contribution in [0.2, 0.25) is 0 Å². The van der Waals surface area contributed by atoms with Crippen molar-refractivity contribution in [1.82, 2.24) is 20.2 Å². The first-order valence-electron chi connectivity index (χ1n) is 11.1. The predicted octanol–water partition coefficient (Wildman–Crippen LogP) is 4.78. The number of rotatable bonds is 10. The fourth-order valence-corrected chi connectivity index (χ4v) is 4.11. The predicted molar refractivity (Wildman–Crippen MR) is 131 cm³/mol. The molecule has 0 saturated heterocycles. The fourth-order valence-electron chi connectivity index (χ4n) is 3.36. The lowest BCUT2D eigenvalue weighted by molar-refractivity contribution is -0.119. The first-order chi connectivity index (χ1) is 15.8. The molecule has 0 radical (unpaired) electrons. The molecule has 1 aliphatic rings. The van der Waals surface area contributed by atoms with Crippen LogP contribution in [0.25, 0.3) is 0 Å². The summed E-state index contributed by atoms with van der Waals surface area (Å²) in [5.74, 6) is 3.10. The van der Waals surface area contributed by atoms with E-state index in [2.05, 4.69) is 34.3 Å². The van der Waals surface area contributed by atoms with E-state index in [0.29, 0.717) is 40.6 Å². The summed E-state index contributed by atoms with van der Waals surface area (Å²) in [6, 6.07) is 10.2. The monoisotopic (exact) mass is 466 g/mol. The van der Waals surface area contributed by atoms with Crippen molar-refractivity contribution in [2.75, 3.05) is 24.4 Å². The van der Waals surface area contributed by atoms with Crippen molar-refractivity contribution < 1.29 is 9.53 Å². The number of ether oxygens (including phenoxy) is 1. The van der Waals surface area contributed by atoms with E-state index in [9.17, 15) is 4.79 Å². The number of H-pyrrole nitrogens is 1. The Morgan fingerprint density at radius 1 is 1.27 bits per heavy atom. The number of anilines is 3. The highest BCUT2D eigenvalue weighted by Crippen LogP contribution is 2.38. The minimum absolute atomic E-state index is 0.218. The van der Waals surface area contributed by atoms with Crippen LogP contribution in [0.15, 0.2) is 40.4 Å². The van der Waals surface area contributed by atoms with E-state index < -0.39 is 0 Å². The first kappa shape index (κ1) is 23.1. The van der Waals surface area contributed by atoms with Gasteiger partial charge in [-0.1, -0.05) is 12.1 Å². The molecule has 2 heterocycles. The number of ketones is 1. The van der Waals surface area contributed by atoms with Gasteiger partial charge in [0, 0.05) is 42.1 Å². The number of benzene rings is 1. The number of carbonyl (C=O) groups excluding carboxylic acids is 1. The highest BCUT2D eigenvalue weighted by Gasteiger charge is 2.29. The van der Waals surface area contributed by atoms with Crippen molar-refractivity contribution >= 4 is 35.0 Å². The van der Waals surface area contributed by atoms with E-state index in [1.807, 2.05) is 44.3 Å². The molecule has 174 valence electrons. The molecule has 0 spiro atoms. The molecule has 33 heavy (non-hydrogen) atoms. The van der Waals surface area contributed by atoms with Gasteiger partial charge in [0.05, 0.1) is 7.11 Å². The van der Waals surface area contributed by atoms with Gasteiger partial charge in [-0.15, -0.1) is 0 Å². The van der Waals surface area contributed by atoms with E-state index in [4.69, 9.17) is 14.7 Å². The van der Waals surface area contributed by atoms with Gasteiger partial charge in [-0.2, -0.15) is 5.10 Å². The Bertz CT molecular complexity index is 1120. The number of aromatic amines is 1. The van der Waals surface area contributed by atoms with E-state index >= 15 is 0 Å². The molecule has 0 amide bonds. The Labute approximate surface area is 198 Å². The number of Topliss-reactive ketones (excluding diaryl/α,β-unsaturated/α-hetero) is 1. The van der Waals surface area contributed by atoms with Crippen LogP contribution in [0.4, 0.5) is 17.5 Å². The topological polar surface area (TPSA) is 96.0 Å². The normalized spacial score (nSPS) is 13.3. The van der Waals surface area contributed by atoms with Gasteiger partial charge in [-0.3, -0.25) is 9.89 Å². The minimum atomic E-state index is 0.218. The zero-order valence-electron chi connectivity index (χ0n) is 19.7. The molecule has 0 aliphatic heterocycles. The summed E-state index contributed by atoms with van der Waals surface area (Å²) in [5.41, 5.74) is 1.99. The molecule has 0 unspecified atom stereocenters. The minimum Gasteiger partial charge on any atom is -0.490 e. The Morgan fingerprint density at radius 3 is 2.58 bits per heavy atom. The summed E-state index contributed by atoms with van der Waals surface area (Å²) < 4.78 is 5.70. The highest BCUT2D eigenvalue weighted by molar-refractivity contribution is 7.99. The number of aryl methyl sites for hydroxylation is 1. The smallest absolute Gasteiger partial charge is 0.204 e. The second-order valence-electron chi connectivity index (χ2n) is 8.64. The van der Waals surface area contributed by atoms with Crippen molar-refractivity contribution in [3.63, 3.8) is 0 Å². The highest BCUT2D eigenvalue weighted by atomic mass is 32.2. The molecule has 3 aromatic rings. The Balaban J connectivity index is 1.61. The van der Waals surface area contributed by atoms with Crippen LogP contribution in [0.1, 0.15) is 37.9 Å². The van der Waals surface area contributed by atoms with Gasteiger partial charge in [0.15, 0.2) is 22.6 Å². The van der Waals surface area contributed by atoms with Gasteiger partial charge in [0.25, 0.3) is 0 Å². The molecule has 1 saturated carbocycles. The van der Waals surface area contributed by atoms with Gasteiger partial charge in [0.1, 0.15) is 5.78 Å². The van der Waals surface area contributed by atoms with Gasteiger partial charge < -0.3 is 15.0 Å². The molecule has 2 N–H and O–H groups in total. The third kappa shape index (κ3) is 5.65. The Morgan fingerprint density at radius 2 is 2.00 bits per heavy atom. The SMILES string of the molecule is COc1c(Nc2cc(C)[nH]n2)nc(Sc2ccc(CC(=O)C3CC3)cc2)nc1N(C)C(C)C. The lowest BCUT2D eigenvalue weighted by atomic mass is 10.1. The number of nitrogens with zero attached hydrogens (tertiary/aromatic N) is 4. The zero-order chi connectivity index (χ0) is 23.5. The average molecular weight is 467 g/mol. The maximum Gasteiger partial charge on any atom is 0.204 e. The largest absolute Gasteiger partial charge is 0.490 e. The second-order valence-corrected chi connectivity index (χ2v) is 9.68. The molecule has 1 fully saturated rings. The van der Waals surface area contributed by atoms with Crippen LogP contribution in [0.3, 0.4) is 0 Å². The molecule has 0 bridgehead atoms. The quantitative estimate of drug-likeness (QED) is 0.412. The van der Waals surface area contributed by atoms with Crippen LogP contribution in [-0.4, -0.2) is 46.1 Å². The van der Waals surface area contributed by atoms with E-state index in [1.165, 1.54) is 11.8 Å². The Kier molecular flexibility index (Phi) is 6.88. The van der Waals surface area contributed by atoms with Crippen molar-refractivity contribution in [3.05, 3.63) is 41.6 Å². The van der Waals surface area contributed by atoms with Crippen LogP contribution in [-0.2, 0) is 11.2 Å². The zero-order valence-corrected chi connectivity index (χ0v) is 20.5. The number of hydrogen-bond acceptors (Lipinski definition) is 8. The summed E-state index contributed by atoms with van der Waals surface area (Å²) in [4.78, 5) is 24.7. The molecule has 8 nitrogen and oxygen atoms in total. The molecule has 1 aliphatic carbocycles. The lowest BCUT2D eigenvalue weighted by Gasteiger charge is -2.25. The number of carbonyl (C=O) groups is 1. The fraction of sp³-hybridized carbons (Fsp3) is 0.417. The van der Waals surface area contributed by atoms with Crippen molar-refractivity contribution in [2.45, 2.75) is 56.1 Å². The summed E-state index contributed by atoms with van der Waals surface area (Å²) in [6.07, 6.45) is 2.60. The summed E-state index contributed by atoms with van der Waals surface area (Å²) in [7, 11) is 3.60. The molecule has 1 aromatic carbocycles. The maximum absolute atomic E-state index is 12.1. The first-order valence-corrected chi connectivity index (χ1v) is 11.9. The summed E-state index contributed by atoms with van der Waals surface area (Å²) >= 11 is 1.47. The standard InChI is InChI=1S/C24H30N6O2S/c1-14(2)30(4)23-21(32-5)22(25-20-12-15(3)28-29-20)26-24(27-23)33-18-10-6-16(7-11-18)13-19(31)17-8-9-17/h6-7,10-12,14,17H,8-9,13H2,1-5H3,(H2,25,26,27,28,29). The molecule has 2 aromatic heterocycles. The third-order valence-electron chi connectivity index (χ3n) is 5.64. The van der Waals surface area contributed by atoms with Crippen LogP contribution < -0.4 is 15.0 Å². The molecular formula is C24H30N6O2S. The van der Waals surface area contributed by atoms with E-state index in [-0.39, 0.29) is 12.0 Å². The van der Waals surface area contributed by atoms with Crippen LogP contribution in [0.5, 0.6) is 5.75 Å². The van der Waals surface area contributed by atoms with Crippen molar-refractivity contribution in [1.29, 1.82) is 0 Å². The van der Waals surface area contributed by atoms with Gasteiger partial charge in [-0.05, 0) is 63.1 Å². The number of aromatic nitrogens is 4. The van der Waals surface area contributed by atoms with Crippen LogP contribution >= 0.6 is 11.8 Å². The maximum atomic E-state index is 12.1. The second kappa shape index (κ2) is 9.82. The molecule has 0 atom stereocenters. The van der Waals surface area contributed by atoms with Crippen molar-refractivity contribution in [2.24, 2.45) is 5.92 Å². The molecular weight excluding hydrogens is 436 g/mol. The van der Waals surface area contributed by atoms with Crippen LogP contribution in [0, 0.1) is 12.8 Å². The molecule has 4 rings (SSSR count). The van der Waals surface area contributed by atoms with Gasteiger partial charge in [0.2, 0.25) is 5.75 Å². The van der Waals surface area contributed by atoms with E-state index in [0.717, 1.165) is 29.0 Å². The summed E-state index contributed by atoms with van der Waals surface area (Å²) in [5, 5.41) is 11.0. The van der Waals surface area contributed by atoms with E-state index in [1.54, 1.807) is 7.11 Å². The molecule has 9 heteroatoms. The number of methoxy groups -OCH3 is 1. The Hall–Kier alpha value is -3.07. The number of hydrogen-bond donors (Lipinski definition) is 2. The average Bonchev–Trinajstić information content (AvgIpc) is 3.56. The van der Waals surface area contributed by atoms with Gasteiger partial charge >= 0.3 is 0 Å². The third-order valence-corrected chi connectivity index (χ3v) is 6.51. The lowest BCUT2D eigenvalue weighted by Crippen LogP contribution is -2.27. The van der Waals surface area contributed by atoms with Gasteiger partial charge in [-0.25, -0.2) is 9.97 Å².